The fraction of sp³-hybridized carbons (Fsp3) is 0.692. The highest BCUT2D eigenvalue weighted by molar-refractivity contribution is 5.74. The Bertz CT molecular complexity index is 399. The molecule has 0 aliphatic heterocycles. The molecule has 1 atom stereocenters. The molecule has 0 bridgehead atoms. The van der Waals surface area contributed by atoms with Gasteiger partial charge in [0.2, 0.25) is 0 Å². The number of hydrogen-bond acceptors (Lipinski definition) is 4. The van der Waals surface area contributed by atoms with Crippen molar-refractivity contribution in [1.29, 1.82) is 0 Å². The fourth-order valence-corrected chi connectivity index (χ4v) is 1.92. The molecule has 1 unspecified atom stereocenters. The van der Waals surface area contributed by atoms with Gasteiger partial charge in [-0.05, 0) is 26.2 Å². The van der Waals surface area contributed by atoms with Gasteiger partial charge in [-0.2, -0.15) is 0 Å². The van der Waals surface area contributed by atoms with Crippen LogP contribution in [0.5, 0.6) is 0 Å². The van der Waals surface area contributed by atoms with Crippen LogP contribution in [0.1, 0.15) is 44.8 Å². The van der Waals surface area contributed by atoms with Crippen LogP contribution in [-0.2, 0) is 16.1 Å². The van der Waals surface area contributed by atoms with E-state index in [0.29, 0.717) is 19.1 Å². The summed E-state index contributed by atoms with van der Waals surface area (Å²) in [6.45, 7) is 4.99. The largest absolute Gasteiger partial charge is 0.464 e. The topological polar surface area (TPSA) is 56.2 Å². The summed E-state index contributed by atoms with van der Waals surface area (Å²) < 4.78 is 6.91. The maximum atomic E-state index is 11.8. The number of esters is 1. The number of aromatic nitrogens is 2. The summed E-state index contributed by atoms with van der Waals surface area (Å²) in [6, 6.07) is 0.411. The lowest BCUT2D eigenvalue weighted by Crippen LogP contribution is -2.20. The fourth-order valence-electron chi connectivity index (χ4n) is 1.92. The number of carbonyl (C=O) groups excluding carboxylic acids is 1. The van der Waals surface area contributed by atoms with Crippen LogP contribution >= 0.6 is 0 Å². The minimum atomic E-state index is -0.257. The van der Waals surface area contributed by atoms with Crippen molar-refractivity contribution in [3.05, 3.63) is 18.2 Å². The number of carbonyl (C=O) groups is 1. The van der Waals surface area contributed by atoms with E-state index in [0.717, 1.165) is 12.2 Å². The summed E-state index contributed by atoms with van der Waals surface area (Å²) in [5.74, 6) is -0.181. The van der Waals surface area contributed by atoms with Gasteiger partial charge in [0, 0.05) is 18.8 Å². The first kappa shape index (κ1) is 13.1. The molecule has 1 aliphatic carbocycles. The maximum absolute atomic E-state index is 11.8. The van der Waals surface area contributed by atoms with Gasteiger partial charge >= 0.3 is 5.97 Å². The zero-order valence-corrected chi connectivity index (χ0v) is 11.1. The molecule has 1 heterocycles. The zero-order valence-electron chi connectivity index (χ0n) is 11.1. The predicted octanol–water partition coefficient (Wildman–Crippen LogP) is 1.65. The molecule has 2 rings (SSSR count). The first-order valence-electron chi connectivity index (χ1n) is 6.67. The highest BCUT2D eigenvalue weighted by Gasteiger charge is 2.22. The summed E-state index contributed by atoms with van der Waals surface area (Å²) in [5.41, 5.74) is 0.977. The summed E-state index contributed by atoms with van der Waals surface area (Å²) in [7, 11) is 0. The summed E-state index contributed by atoms with van der Waals surface area (Å²) >= 11 is 0. The van der Waals surface area contributed by atoms with Crippen molar-refractivity contribution >= 4 is 5.97 Å². The van der Waals surface area contributed by atoms with Crippen LogP contribution in [0, 0.1) is 0 Å². The molecular weight excluding hydrogens is 230 g/mol. The van der Waals surface area contributed by atoms with E-state index in [1.165, 1.54) is 12.8 Å². The lowest BCUT2D eigenvalue weighted by atomic mass is 10.2. The van der Waals surface area contributed by atoms with Gasteiger partial charge in [0.05, 0.1) is 18.6 Å². The number of imidazole rings is 1. The smallest absolute Gasteiger partial charge is 0.329 e. The van der Waals surface area contributed by atoms with Crippen LogP contribution in [0.2, 0.25) is 0 Å². The molecule has 100 valence electrons. The highest BCUT2D eigenvalue weighted by Crippen LogP contribution is 2.19. The Balaban J connectivity index is 1.94. The van der Waals surface area contributed by atoms with Gasteiger partial charge in [0.15, 0.2) is 0 Å². The van der Waals surface area contributed by atoms with Crippen LogP contribution in [0.25, 0.3) is 0 Å². The van der Waals surface area contributed by atoms with E-state index in [4.69, 9.17) is 4.74 Å². The molecule has 1 aromatic heterocycles. The van der Waals surface area contributed by atoms with Gasteiger partial charge in [0.1, 0.15) is 6.04 Å². The molecule has 1 fully saturated rings. The second-order valence-corrected chi connectivity index (χ2v) is 4.64. The predicted molar refractivity (Wildman–Crippen MR) is 68.0 cm³/mol. The molecule has 0 saturated heterocycles. The second-order valence-electron chi connectivity index (χ2n) is 4.64. The summed E-state index contributed by atoms with van der Waals surface area (Å²) in [6.07, 6.45) is 6.89. The molecule has 0 aromatic carbocycles. The van der Waals surface area contributed by atoms with Crippen molar-refractivity contribution < 1.29 is 9.53 Å². The SMILES string of the molecule is CCOC(=O)C(CC)n1cnc(CNC2CC2)c1. The Labute approximate surface area is 108 Å². The van der Waals surface area contributed by atoms with E-state index in [1.54, 1.807) is 6.33 Å². The molecule has 5 heteroatoms. The monoisotopic (exact) mass is 251 g/mol. The molecule has 0 spiro atoms. The maximum Gasteiger partial charge on any atom is 0.329 e. The Morgan fingerprint density at radius 2 is 2.39 bits per heavy atom. The summed E-state index contributed by atoms with van der Waals surface area (Å²) in [4.78, 5) is 16.1. The van der Waals surface area contributed by atoms with Crippen LogP contribution in [0.15, 0.2) is 12.5 Å². The molecule has 18 heavy (non-hydrogen) atoms. The molecular formula is C13H21N3O2. The molecule has 0 amide bonds. The standard InChI is InChI=1S/C13H21N3O2/c1-3-12(13(17)18-4-2)16-8-11(15-9-16)7-14-10-5-6-10/h8-10,12,14H,3-7H2,1-2H3. The third-order valence-electron chi connectivity index (χ3n) is 3.11. The minimum absolute atomic E-state index is 0.181. The third kappa shape index (κ3) is 3.32. The number of hydrogen-bond donors (Lipinski definition) is 1. The molecule has 5 nitrogen and oxygen atoms in total. The Kier molecular flexibility index (Phi) is 4.36. The Morgan fingerprint density at radius 1 is 1.61 bits per heavy atom. The number of rotatable bonds is 7. The van der Waals surface area contributed by atoms with Gasteiger partial charge < -0.3 is 14.6 Å². The minimum Gasteiger partial charge on any atom is -0.464 e. The molecule has 1 saturated carbocycles. The number of nitrogens with one attached hydrogen (secondary N) is 1. The van der Waals surface area contributed by atoms with Gasteiger partial charge in [-0.25, -0.2) is 9.78 Å². The average molecular weight is 251 g/mol. The van der Waals surface area contributed by atoms with E-state index >= 15 is 0 Å². The van der Waals surface area contributed by atoms with Gasteiger partial charge in [-0.3, -0.25) is 0 Å². The third-order valence-corrected chi connectivity index (χ3v) is 3.11. The van der Waals surface area contributed by atoms with E-state index in [9.17, 15) is 4.79 Å². The van der Waals surface area contributed by atoms with E-state index in [-0.39, 0.29) is 12.0 Å². The highest BCUT2D eigenvalue weighted by atomic mass is 16.5. The van der Waals surface area contributed by atoms with Crippen molar-refractivity contribution in [3.8, 4) is 0 Å². The van der Waals surface area contributed by atoms with Gasteiger partial charge in [-0.15, -0.1) is 0 Å². The van der Waals surface area contributed by atoms with Crippen molar-refractivity contribution in [2.24, 2.45) is 0 Å². The molecule has 1 aromatic rings. The molecule has 1 N–H and O–H groups in total. The zero-order chi connectivity index (χ0) is 13.0. The second kappa shape index (κ2) is 6.00. The van der Waals surface area contributed by atoms with Gasteiger partial charge in [0.25, 0.3) is 0 Å². The van der Waals surface area contributed by atoms with Crippen LogP contribution in [0.4, 0.5) is 0 Å². The Morgan fingerprint density at radius 3 is 3.00 bits per heavy atom. The molecule has 0 radical (unpaired) electrons. The van der Waals surface area contributed by atoms with Gasteiger partial charge in [-0.1, -0.05) is 6.92 Å². The Hall–Kier alpha value is -1.36. The van der Waals surface area contributed by atoms with E-state index < -0.39 is 0 Å². The summed E-state index contributed by atoms with van der Waals surface area (Å²) in [5, 5.41) is 3.41. The molecule has 1 aliphatic rings. The van der Waals surface area contributed by atoms with Crippen LogP contribution in [-0.4, -0.2) is 28.2 Å². The van der Waals surface area contributed by atoms with Crippen LogP contribution in [0.3, 0.4) is 0 Å². The normalized spacial score (nSPS) is 16.6. The van der Waals surface area contributed by atoms with Crippen molar-refractivity contribution in [2.75, 3.05) is 6.61 Å². The van der Waals surface area contributed by atoms with Crippen LogP contribution < -0.4 is 5.32 Å². The number of nitrogens with zero attached hydrogens (tertiary/aromatic N) is 2. The lowest BCUT2D eigenvalue weighted by Gasteiger charge is -2.14. The lowest BCUT2D eigenvalue weighted by molar-refractivity contribution is -0.147. The van der Waals surface area contributed by atoms with E-state index in [2.05, 4.69) is 10.3 Å². The first-order chi connectivity index (χ1) is 8.74. The van der Waals surface area contributed by atoms with E-state index in [1.807, 2.05) is 24.6 Å². The van der Waals surface area contributed by atoms with Crippen molar-refractivity contribution in [3.63, 3.8) is 0 Å². The van der Waals surface area contributed by atoms with Crippen molar-refractivity contribution in [2.45, 2.75) is 51.7 Å². The quantitative estimate of drug-likeness (QED) is 0.749. The van der Waals surface area contributed by atoms with Crippen molar-refractivity contribution in [1.82, 2.24) is 14.9 Å². The average Bonchev–Trinajstić information content (AvgIpc) is 3.08. The number of ether oxygens (including phenoxy) is 1. The first-order valence-corrected chi connectivity index (χ1v) is 6.67.